The minimum Gasteiger partial charge on any atom is -0.454 e. The zero-order valence-corrected chi connectivity index (χ0v) is 17.4. The quantitative estimate of drug-likeness (QED) is 0.654. The van der Waals surface area contributed by atoms with Gasteiger partial charge in [-0.05, 0) is 55.5 Å². The predicted octanol–water partition coefficient (Wildman–Crippen LogP) is 1.84. The van der Waals surface area contributed by atoms with Crippen molar-refractivity contribution in [3.05, 3.63) is 58.7 Å². The van der Waals surface area contributed by atoms with E-state index in [1.807, 2.05) is 23.1 Å². The molecule has 2 aliphatic heterocycles. The number of benzene rings is 2. The molecule has 6 rings (SSSR count). The zero-order valence-electron chi connectivity index (χ0n) is 17.4. The van der Waals surface area contributed by atoms with Crippen LogP contribution < -0.4 is 15.8 Å². The topological polar surface area (TPSA) is 105 Å². The van der Waals surface area contributed by atoms with Gasteiger partial charge < -0.3 is 20.9 Å². The Bertz CT molecular complexity index is 1140. The van der Waals surface area contributed by atoms with Crippen LogP contribution in [-0.2, 0) is 16.1 Å². The fraction of sp³-hybridized carbons (Fsp3) is 0.417. The van der Waals surface area contributed by atoms with Crippen LogP contribution in [0.4, 0.5) is 5.69 Å². The lowest BCUT2D eigenvalue weighted by molar-refractivity contribution is -0.175. The number of anilines is 1. The van der Waals surface area contributed by atoms with Gasteiger partial charge in [-0.2, -0.15) is 0 Å². The van der Waals surface area contributed by atoms with Crippen LogP contribution in [0.1, 0.15) is 52.7 Å². The number of nitrogens with zero attached hydrogens (tertiary/aromatic N) is 1. The third-order valence-corrected chi connectivity index (χ3v) is 7.39. The Morgan fingerprint density at radius 1 is 1.29 bits per heavy atom. The number of carbonyl (C=O) groups excluding carboxylic acids is 2. The van der Waals surface area contributed by atoms with Crippen LogP contribution in [0, 0.1) is 5.92 Å². The molecule has 160 valence electrons. The third kappa shape index (κ3) is 2.36. The Balaban J connectivity index is 1.49. The number of hydrogen-bond donors (Lipinski definition) is 3. The summed E-state index contributed by atoms with van der Waals surface area (Å²) in [7, 11) is 0. The van der Waals surface area contributed by atoms with Gasteiger partial charge in [-0.15, -0.1) is 0 Å². The van der Waals surface area contributed by atoms with Crippen LogP contribution in [0.25, 0.3) is 0 Å². The van der Waals surface area contributed by atoms with Crippen molar-refractivity contribution in [1.29, 1.82) is 0 Å². The number of aliphatic hydroxyl groups is 1. The molecule has 1 unspecified atom stereocenters. The number of carbonyl (C=O) groups is 2. The first-order valence-corrected chi connectivity index (χ1v) is 10.9. The van der Waals surface area contributed by atoms with Gasteiger partial charge in [0.2, 0.25) is 17.2 Å². The van der Waals surface area contributed by atoms with Crippen LogP contribution in [0.15, 0.2) is 36.4 Å². The van der Waals surface area contributed by atoms with Crippen LogP contribution in [0.2, 0.25) is 0 Å². The van der Waals surface area contributed by atoms with Gasteiger partial charge in [-0.3, -0.25) is 14.5 Å². The molecule has 0 radical (unpaired) electrons. The van der Waals surface area contributed by atoms with Gasteiger partial charge in [0.05, 0.1) is 12.1 Å². The molecule has 4 aliphatic rings. The first-order chi connectivity index (χ1) is 14.8. The summed E-state index contributed by atoms with van der Waals surface area (Å²) in [5, 5.41) is 14.8. The summed E-state index contributed by atoms with van der Waals surface area (Å²) >= 11 is 0. The highest BCUT2D eigenvalue weighted by molar-refractivity contribution is 6.15. The largest absolute Gasteiger partial charge is 0.454 e. The summed E-state index contributed by atoms with van der Waals surface area (Å²) in [5.74, 6) is -1.31. The van der Waals surface area contributed by atoms with E-state index in [0.717, 1.165) is 31.5 Å². The second-order valence-corrected chi connectivity index (χ2v) is 9.35. The maximum absolute atomic E-state index is 13.8. The monoisotopic (exact) mass is 419 g/mol. The lowest BCUT2D eigenvalue weighted by Gasteiger charge is -2.36. The standard InChI is InChI=1S/C24H25N3O4/c1-13-10-15(13)14-6-7-16-19(11-14)31-24(30)17-4-2-5-18(25)21(17)22(29)23(16,24)26-20(28)12-27-8-3-9-27/h2,4-7,11,13,15,30H,3,8-10,12,25H2,1H3,(H,26,28)/t13-,15?,23-,24-/m1/s1. The number of hydrogen-bond acceptors (Lipinski definition) is 6. The molecule has 0 aromatic heterocycles. The molecule has 2 heterocycles. The van der Waals surface area contributed by atoms with Crippen molar-refractivity contribution in [3.63, 3.8) is 0 Å². The van der Waals surface area contributed by atoms with Crippen LogP contribution in [-0.4, -0.2) is 41.3 Å². The number of Topliss-reactive ketones (excluding diaryl/α,β-unsaturated/α-hetero) is 1. The molecule has 4 N–H and O–H groups in total. The first-order valence-electron chi connectivity index (χ1n) is 10.9. The summed E-state index contributed by atoms with van der Waals surface area (Å²) in [4.78, 5) is 28.8. The summed E-state index contributed by atoms with van der Waals surface area (Å²) in [6.07, 6.45) is 2.16. The smallest absolute Gasteiger partial charge is 0.271 e. The number of rotatable bonds is 4. The molecule has 31 heavy (non-hydrogen) atoms. The minimum atomic E-state index is -2.05. The second kappa shape index (κ2) is 6.08. The molecule has 0 bridgehead atoms. The molecule has 1 saturated heterocycles. The number of ketones is 1. The maximum Gasteiger partial charge on any atom is 0.271 e. The van der Waals surface area contributed by atoms with E-state index in [1.165, 1.54) is 0 Å². The van der Waals surface area contributed by atoms with Gasteiger partial charge in [0.25, 0.3) is 5.79 Å². The van der Waals surface area contributed by atoms with Crippen molar-refractivity contribution in [3.8, 4) is 5.75 Å². The molecule has 7 nitrogen and oxygen atoms in total. The summed E-state index contributed by atoms with van der Waals surface area (Å²) in [5.41, 5.74) is 6.73. The molecule has 2 aromatic carbocycles. The number of fused-ring (bicyclic) bond motifs is 5. The number of ether oxygens (including phenoxy) is 1. The van der Waals surface area contributed by atoms with Gasteiger partial charge in [0.1, 0.15) is 5.75 Å². The average molecular weight is 419 g/mol. The molecular weight excluding hydrogens is 394 g/mol. The molecule has 1 saturated carbocycles. The Hall–Kier alpha value is -2.90. The SMILES string of the molecule is C[C@@H]1CC1c1ccc2c(c1)O[C@]1(O)c3cccc(N)c3C(=O)[C@]21NC(=O)CN1CCC1. The van der Waals surface area contributed by atoms with Crippen molar-refractivity contribution in [2.75, 3.05) is 25.4 Å². The van der Waals surface area contributed by atoms with E-state index in [1.54, 1.807) is 18.2 Å². The normalized spacial score (nSPS) is 32.5. The fourth-order valence-electron chi connectivity index (χ4n) is 5.40. The van der Waals surface area contributed by atoms with E-state index in [4.69, 9.17) is 10.5 Å². The molecular formula is C24H25N3O4. The van der Waals surface area contributed by atoms with Crippen molar-refractivity contribution >= 4 is 17.4 Å². The fourth-order valence-corrected chi connectivity index (χ4v) is 5.40. The molecule has 2 fully saturated rings. The zero-order chi connectivity index (χ0) is 21.5. The van der Waals surface area contributed by atoms with E-state index < -0.39 is 17.1 Å². The number of nitrogens with two attached hydrogens (primary N) is 1. The lowest BCUT2D eigenvalue weighted by Crippen LogP contribution is -2.61. The summed E-state index contributed by atoms with van der Waals surface area (Å²) < 4.78 is 6.12. The molecule has 0 spiro atoms. The number of amides is 1. The van der Waals surface area contributed by atoms with Crippen LogP contribution in [0.5, 0.6) is 5.75 Å². The lowest BCUT2D eigenvalue weighted by atomic mass is 9.82. The first kappa shape index (κ1) is 18.8. The van der Waals surface area contributed by atoms with E-state index in [0.29, 0.717) is 28.7 Å². The van der Waals surface area contributed by atoms with E-state index in [-0.39, 0.29) is 23.7 Å². The van der Waals surface area contributed by atoms with Crippen molar-refractivity contribution < 1.29 is 19.4 Å². The van der Waals surface area contributed by atoms with E-state index in [9.17, 15) is 14.7 Å². The predicted molar refractivity (Wildman–Crippen MR) is 114 cm³/mol. The Labute approximate surface area is 180 Å². The molecule has 4 atom stereocenters. The van der Waals surface area contributed by atoms with Crippen molar-refractivity contribution in [1.82, 2.24) is 10.2 Å². The molecule has 2 aromatic rings. The van der Waals surface area contributed by atoms with E-state index in [2.05, 4.69) is 12.2 Å². The molecule has 2 aliphatic carbocycles. The minimum absolute atomic E-state index is 0.171. The molecule has 1 amide bonds. The Morgan fingerprint density at radius 2 is 2.06 bits per heavy atom. The maximum atomic E-state index is 13.8. The van der Waals surface area contributed by atoms with Gasteiger partial charge in [0, 0.05) is 16.8 Å². The number of nitrogen functional groups attached to an aromatic ring is 1. The van der Waals surface area contributed by atoms with Crippen LogP contribution >= 0.6 is 0 Å². The number of likely N-dealkylation sites (tertiary alicyclic amines) is 1. The highest BCUT2D eigenvalue weighted by Crippen LogP contribution is 2.60. The van der Waals surface area contributed by atoms with E-state index >= 15 is 0 Å². The van der Waals surface area contributed by atoms with Gasteiger partial charge in [0.15, 0.2) is 0 Å². The highest BCUT2D eigenvalue weighted by atomic mass is 16.6. The van der Waals surface area contributed by atoms with Crippen molar-refractivity contribution in [2.45, 2.75) is 37.0 Å². The third-order valence-electron chi connectivity index (χ3n) is 7.39. The highest BCUT2D eigenvalue weighted by Gasteiger charge is 2.72. The number of nitrogens with one attached hydrogen (secondary N) is 1. The average Bonchev–Trinajstić information content (AvgIpc) is 3.34. The molecule has 7 heteroatoms. The summed E-state index contributed by atoms with van der Waals surface area (Å²) in [6, 6.07) is 10.6. The van der Waals surface area contributed by atoms with Gasteiger partial charge in [-0.1, -0.05) is 31.2 Å². The van der Waals surface area contributed by atoms with Gasteiger partial charge in [-0.25, -0.2) is 0 Å². The van der Waals surface area contributed by atoms with Gasteiger partial charge >= 0.3 is 0 Å². The Kier molecular flexibility index (Phi) is 3.69. The summed E-state index contributed by atoms with van der Waals surface area (Å²) in [6.45, 7) is 4.06. The van der Waals surface area contributed by atoms with Crippen LogP contribution in [0.3, 0.4) is 0 Å². The Morgan fingerprint density at radius 3 is 2.74 bits per heavy atom. The second-order valence-electron chi connectivity index (χ2n) is 9.35. The van der Waals surface area contributed by atoms with Crippen molar-refractivity contribution in [2.24, 2.45) is 5.92 Å².